The van der Waals surface area contributed by atoms with Crippen LogP contribution in [0.3, 0.4) is 0 Å². The minimum Gasteiger partial charge on any atom is -0.383 e. The van der Waals surface area contributed by atoms with E-state index in [2.05, 4.69) is 10.6 Å². The van der Waals surface area contributed by atoms with Gasteiger partial charge in [-0.25, -0.2) is 4.39 Å². The van der Waals surface area contributed by atoms with E-state index in [-0.39, 0.29) is 19.1 Å². The molecular weight excluding hydrogens is 329 g/mol. The summed E-state index contributed by atoms with van der Waals surface area (Å²) in [6, 6.07) is 3.58. The standard InChI is InChI=1S/C17H18FN3O4/c1-8-12-13(15(23)21(14(12)22)5-6-25-2)17(20-8)10-7-9(18)3-4-11(10)19-16(17)24/h3-4,7-8,12-13,20H,5-6H2,1-2H3,(H,19,24). The van der Waals surface area contributed by atoms with Gasteiger partial charge >= 0.3 is 0 Å². The number of nitrogens with zero attached hydrogens (tertiary/aromatic N) is 1. The quantitative estimate of drug-likeness (QED) is 0.764. The van der Waals surface area contributed by atoms with Crippen molar-refractivity contribution in [1.29, 1.82) is 0 Å². The van der Waals surface area contributed by atoms with Gasteiger partial charge in [0.25, 0.3) is 0 Å². The lowest BCUT2D eigenvalue weighted by Gasteiger charge is -2.29. The maximum Gasteiger partial charge on any atom is 0.250 e. The van der Waals surface area contributed by atoms with Crippen molar-refractivity contribution < 1.29 is 23.5 Å². The second kappa shape index (κ2) is 5.34. The number of nitrogens with one attached hydrogen (secondary N) is 2. The number of methoxy groups -OCH3 is 1. The minimum atomic E-state index is -1.42. The van der Waals surface area contributed by atoms with E-state index >= 15 is 0 Å². The zero-order valence-corrected chi connectivity index (χ0v) is 13.8. The van der Waals surface area contributed by atoms with E-state index in [1.54, 1.807) is 6.92 Å². The molecule has 7 nitrogen and oxygen atoms in total. The largest absolute Gasteiger partial charge is 0.383 e. The fraction of sp³-hybridized carbons (Fsp3) is 0.471. The van der Waals surface area contributed by atoms with Gasteiger partial charge in [-0.1, -0.05) is 0 Å². The molecule has 8 heteroatoms. The zero-order chi connectivity index (χ0) is 17.9. The van der Waals surface area contributed by atoms with Crippen molar-refractivity contribution in [3.63, 3.8) is 0 Å². The maximum absolute atomic E-state index is 13.8. The van der Waals surface area contributed by atoms with Crippen LogP contribution in [0, 0.1) is 17.7 Å². The van der Waals surface area contributed by atoms with Crippen molar-refractivity contribution in [3.05, 3.63) is 29.6 Å². The molecule has 4 rings (SSSR count). The Balaban J connectivity index is 1.83. The minimum absolute atomic E-state index is 0.140. The molecule has 0 aromatic heterocycles. The average molecular weight is 347 g/mol. The van der Waals surface area contributed by atoms with Crippen molar-refractivity contribution in [2.45, 2.75) is 18.5 Å². The first-order valence-electron chi connectivity index (χ1n) is 8.15. The Morgan fingerprint density at radius 1 is 1.28 bits per heavy atom. The molecule has 0 bridgehead atoms. The maximum atomic E-state index is 13.8. The summed E-state index contributed by atoms with van der Waals surface area (Å²) in [5.74, 6) is -3.22. The molecule has 3 aliphatic rings. The van der Waals surface area contributed by atoms with Gasteiger partial charge in [0.2, 0.25) is 17.7 Å². The smallest absolute Gasteiger partial charge is 0.250 e. The highest BCUT2D eigenvalue weighted by atomic mass is 19.1. The van der Waals surface area contributed by atoms with Gasteiger partial charge in [0, 0.05) is 24.4 Å². The Morgan fingerprint density at radius 3 is 2.76 bits per heavy atom. The van der Waals surface area contributed by atoms with E-state index in [0.717, 1.165) is 4.90 Å². The first-order valence-corrected chi connectivity index (χ1v) is 8.15. The van der Waals surface area contributed by atoms with Crippen molar-refractivity contribution in [2.75, 3.05) is 25.6 Å². The molecule has 3 aliphatic heterocycles. The molecule has 2 fully saturated rings. The number of hydrogen-bond acceptors (Lipinski definition) is 5. The van der Waals surface area contributed by atoms with Gasteiger partial charge in [-0.2, -0.15) is 0 Å². The molecular formula is C17H18FN3O4. The van der Waals surface area contributed by atoms with Gasteiger partial charge in [-0.05, 0) is 25.1 Å². The van der Waals surface area contributed by atoms with E-state index in [9.17, 15) is 18.8 Å². The molecule has 1 spiro atoms. The summed E-state index contributed by atoms with van der Waals surface area (Å²) in [5, 5.41) is 5.83. The van der Waals surface area contributed by atoms with E-state index in [1.165, 1.54) is 25.3 Å². The second-order valence-electron chi connectivity index (χ2n) is 6.71. The van der Waals surface area contributed by atoms with Crippen LogP contribution < -0.4 is 10.6 Å². The number of halogens is 1. The lowest BCUT2D eigenvalue weighted by atomic mass is 9.76. The van der Waals surface area contributed by atoms with Gasteiger partial charge in [0.05, 0.1) is 25.0 Å². The highest BCUT2D eigenvalue weighted by molar-refractivity contribution is 6.15. The van der Waals surface area contributed by atoms with Crippen molar-refractivity contribution in [1.82, 2.24) is 10.2 Å². The number of anilines is 1. The summed E-state index contributed by atoms with van der Waals surface area (Å²) in [4.78, 5) is 39.7. The highest BCUT2D eigenvalue weighted by Gasteiger charge is 2.69. The summed E-state index contributed by atoms with van der Waals surface area (Å²) in [7, 11) is 1.49. The number of carbonyl (C=O) groups is 3. The third kappa shape index (κ3) is 1.95. The molecule has 0 aliphatic carbocycles. The van der Waals surface area contributed by atoms with Crippen LogP contribution in [0.2, 0.25) is 0 Å². The highest BCUT2D eigenvalue weighted by Crippen LogP contribution is 2.52. The Hall–Kier alpha value is -2.32. The molecule has 0 saturated carbocycles. The Labute approximate surface area is 143 Å². The molecule has 3 heterocycles. The summed E-state index contributed by atoms with van der Waals surface area (Å²) in [6.45, 7) is 2.13. The summed E-state index contributed by atoms with van der Waals surface area (Å²) in [6.07, 6.45) is 0. The first-order chi connectivity index (χ1) is 11.9. The van der Waals surface area contributed by atoms with Gasteiger partial charge in [-0.3, -0.25) is 24.6 Å². The van der Waals surface area contributed by atoms with Crippen LogP contribution >= 0.6 is 0 Å². The number of rotatable bonds is 3. The van der Waals surface area contributed by atoms with Gasteiger partial charge < -0.3 is 10.1 Å². The van der Waals surface area contributed by atoms with Crippen LogP contribution in [-0.4, -0.2) is 48.9 Å². The van der Waals surface area contributed by atoms with E-state index in [4.69, 9.17) is 4.74 Å². The number of benzene rings is 1. The van der Waals surface area contributed by atoms with Gasteiger partial charge in [-0.15, -0.1) is 0 Å². The molecule has 2 saturated heterocycles. The molecule has 4 atom stereocenters. The van der Waals surface area contributed by atoms with Crippen LogP contribution in [0.5, 0.6) is 0 Å². The van der Waals surface area contributed by atoms with Gasteiger partial charge in [0.1, 0.15) is 11.4 Å². The van der Waals surface area contributed by atoms with E-state index in [0.29, 0.717) is 11.3 Å². The van der Waals surface area contributed by atoms with Crippen molar-refractivity contribution >= 4 is 23.4 Å². The topological polar surface area (TPSA) is 87.7 Å². The van der Waals surface area contributed by atoms with Crippen molar-refractivity contribution in [3.8, 4) is 0 Å². The van der Waals surface area contributed by atoms with Crippen LogP contribution in [0.1, 0.15) is 12.5 Å². The number of imide groups is 1. The Kier molecular flexibility index (Phi) is 3.45. The number of amides is 3. The molecule has 3 amide bonds. The predicted molar refractivity (Wildman–Crippen MR) is 84.9 cm³/mol. The number of hydrogen-bond donors (Lipinski definition) is 2. The van der Waals surface area contributed by atoms with Crippen LogP contribution in [0.4, 0.5) is 10.1 Å². The van der Waals surface area contributed by atoms with Crippen molar-refractivity contribution in [2.24, 2.45) is 11.8 Å². The van der Waals surface area contributed by atoms with E-state index < -0.39 is 41.0 Å². The first kappa shape index (κ1) is 16.2. The van der Waals surface area contributed by atoms with E-state index in [1.807, 2.05) is 0 Å². The summed E-state index contributed by atoms with van der Waals surface area (Å²) in [5.41, 5.74) is -0.579. The third-order valence-corrected chi connectivity index (χ3v) is 5.43. The molecule has 2 N–H and O–H groups in total. The monoisotopic (exact) mass is 347 g/mol. The second-order valence-corrected chi connectivity index (χ2v) is 6.71. The molecule has 0 radical (unpaired) electrons. The summed E-state index contributed by atoms with van der Waals surface area (Å²) >= 11 is 0. The molecule has 1 aromatic rings. The van der Waals surface area contributed by atoms with Gasteiger partial charge in [0.15, 0.2) is 0 Å². The predicted octanol–water partition coefficient (Wildman–Crippen LogP) is 0.212. The fourth-order valence-corrected chi connectivity index (χ4v) is 4.40. The number of ether oxygens (including phenoxy) is 1. The average Bonchev–Trinajstić information content (AvgIpc) is 3.12. The van der Waals surface area contributed by atoms with Crippen LogP contribution in [-0.2, 0) is 24.7 Å². The van der Waals surface area contributed by atoms with Crippen LogP contribution in [0.15, 0.2) is 18.2 Å². The number of likely N-dealkylation sites (tertiary alicyclic amines) is 1. The molecule has 4 unspecified atom stereocenters. The third-order valence-electron chi connectivity index (χ3n) is 5.43. The zero-order valence-electron chi connectivity index (χ0n) is 13.8. The lowest BCUT2D eigenvalue weighted by Crippen LogP contribution is -2.53. The lowest BCUT2D eigenvalue weighted by molar-refractivity contribution is -0.143. The number of carbonyl (C=O) groups excluding carboxylic acids is 3. The number of fused-ring (bicyclic) bond motifs is 4. The Bertz CT molecular complexity index is 798. The Morgan fingerprint density at radius 2 is 2.04 bits per heavy atom. The normalized spacial score (nSPS) is 33.2. The molecule has 25 heavy (non-hydrogen) atoms. The fourth-order valence-electron chi connectivity index (χ4n) is 4.40. The molecule has 1 aromatic carbocycles. The SMILES string of the molecule is COCCN1C(=O)C2C(C)NC3(C(=O)Nc4ccc(F)cc43)C2C1=O. The van der Waals surface area contributed by atoms with Crippen LogP contribution in [0.25, 0.3) is 0 Å². The molecule has 132 valence electrons. The summed E-state index contributed by atoms with van der Waals surface area (Å²) < 4.78 is 18.8.